The van der Waals surface area contributed by atoms with Crippen LogP contribution in [-0.2, 0) is 25.4 Å². The zero-order chi connectivity index (χ0) is 26.4. The molecule has 0 unspecified atom stereocenters. The van der Waals surface area contributed by atoms with E-state index in [1.807, 2.05) is 44.7 Å². The van der Waals surface area contributed by atoms with Gasteiger partial charge in [-0.15, -0.1) is 0 Å². The van der Waals surface area contributed by atoms with E-state index in [9.17, 15) is 9.59 Å². The lowest BCUT2D eigenvalue weighted by atomic mass is 10.0. The Morgan fingerprint density at radius 1 is 0.947 bits per heavy atom. The molecule has 1 aliphatic heterocycles. The first-order valence-corrected chi connectivity index (χ1v) is 13.3. The molecule has 10 heteroatoms. The summed E-state index contributed by atoms with van der Waals surface area (Å²) in [7, 11) is 3.74. The number of benzene rings is 2. The van der Waals surface area contributed by atoms with Crippen LogP contribution in [0.5, 0.6) is 0 Å². The Morgan fingerprint density at radius 3 is 2.39 bits per heavy atom. The third-order valence-corrected chi connectivity index (χ3v) is 7.48. The molecule has 2 amide bonds. The predicted molar refractivity (Wildman–Crippen MR) is 148 cm³/mol. The van der Waals surface area contributed by atoms with Crippen molar-refractivity contribution >= 4 is 45.0 Å². The SMILES string of the molecule is CC(=O)NCc1cc(NC(=O)c2ccc(N3CCC(NC4CC4)CC3)c3cn(C)nc23)cc2cn(C)nc12. The fourth-order valence-corrected chi connectivity index (χ4v) is 5.49. The molecule has 0 radical (unpaired) electrons. The van der Waals surface area contributed by atoms with Crippen LogP contribution in [0.1, 0.15) is 48.5 Å². The highest BCUT2D eigenvalue weighted by Gasteiger charge is 2.28. The van der Waals surface area contributed by atoms with Crippen molar-refractivity contribution in [3.63, 3.8) is 0 Å². The third-order valence-electron chi connectivity index (χ3n) is 7.48. The van der Waals surface area contributed by atoms with Gasteiger partial charge in [0.2, 0.25) is 5.91 Å². The quantitative estimate of drug-likeness (QED) is 0.350. The Labute approximate surface area is 221 Å². The molecule has 2 aromatic heterocycles. The number of nitrogens with zero attached hydrogens (tertiary/aromatic N) is 5. The predicted octanol–water partition coefficient (Wildman–Crippen LogP) is 3.07. The standard InChI is InChI=1S/C28H34N8O2/c1-17(37)29-14-18-12-22(13-19-15-34(2)32-26(18)19)31-28(38)23-6-7-25(24-16-35(3)33-27(23)24)36-10-8-21(9-11-36)30-20-4-5-20/h6-7,12-13,15-16,20-21,30H,4-5,8-11,14H2,1-3H3,(H,29,37)(H,31,38). The molecule has 1 saturated heterocycles. The normalized spacial score (nSPS) is 16.3. The van der Waals surface area contributed by atoms with Gasteiger partial charge in [0.25, 0.3) is 5.91 Å². The van der Waals surface area contributed by atoms with E-state index < -0.39 is 0 Å². The van der Waals surface area contributed by atoms with Gasteiger partial charge < -0.3 is 20.9 Å². The van der Waals surface area contributed by atoms with Crippen molar-refractivity contribution < 1.29 is 9.59 Å². The number of fused-ring (bicyclic) bond motifs is 2. The lowest BCUT2D eigenvalue weighted by molar-refractivity contribution is -0.119. The van der Waals surface area contributed by atoms with E-state index in [2.05, 4.69) is 37.1 Å². The van der Waals surface area contributed by atoms with Gasteiger partial charge in [-0.3, -0.25) is 19.0 Å². The first kappa shape index (κ1) is 24.4. The maximum atomic E-state index is 13.5. The molecule has 2 aliphatic rings. The molecular weight excluding hydrogens is 480 g/mol. The molecule has 0 spiro atoms. The first-order chi connectivity index (χ1) is 18.3. The highest BCUT2D eigenvalue weighted by atomic mass is 16.2. The van der Waals surface area contributed by atoms with Crippen molar-refractivity contribution in [2.75, 3.05) is 23.3 Å². The third kappa shape index (κ3) is 4.96. The summed E-state index contributed by atoms with van der Waals surface area (Å²) < 4.78 is 3.51. The van der Waals surface area contributed by atoms with Crippen molar-refractivity contribution in [2.24, 2.45) is 14.1 Å². The molecule has 3 N–H and O–H groups in total. The number of amides is 2. The molecule has 38 heavy (non-hydrogen) atoms. The van der Waals surface area contributed by atoms with Crippen LogP contribution in [0.15, 0.2) is 36.7 Å². The van der Waals surface area contributed by atoms with Crippen LogP contribution in [0, 0.1) is 0 Å². The van der Waals surface area contributed by atoms with Gasteiger partial charge in [-0.1, -0.05) is 0 Å². The number of nitrogens with one attached hydrogen (secondary N) is 3. The van der Waals surface area contributed by atoms with E-state index in [0.29, 0.717) is 29.4 Å². The van der Waals surface area contributed by atoms with Crippen LogP contribution in [0.25, 0.3) is 21.8 Å². The van der Waals surface area contributed by atoms with Gasteiger partial charge in [0.05, 0.1) is 11.1 Å². The highest BCUT2D eigenvalue weighted by Crippen LogP contribution is 2.32. The van der Waals surface area contributed by atoms with Crippen molar-refractivity contribution in [1.82, 2.24) is 30.2 Å². The number of carbonyl (C=O) groups is 2. The summed E-state index contributed by atoms with van der Waals surface area (Å²) in [5, 5.41) is 20.7. The molecule has 1 saturated carbocycles. The Balaban J connectivity index is 1.25. The second kappa shape index (κ2) is 9.75. The van der Waals surface area contributed by atoms with Crippen LogP contribution in [0.4, 0.5) is 11.4 Å². The van der Waals surface area contributed by atoms with E-state index in [1.165, 1.54) is 19.8 Å². The van der Waals surface area contributed by atoms with Gasteiger partial charge in [-0.2, -0.15) is 10.2 Å². The fourth-order valence-electron chi connectivity index (χ4n) is 5.49. The number of carbonyl (C=O) groups excluding carboxylic acids is 2. The van der Waals surface area contributed by atoms with Crippen LogP contribution < -0.4 is 20.9 Å². The minimum absolute atomic E-state index is 0.121. The molecule has 2 fully saturated rings. The average Bonchev–Trinajstić information content (AvgIpc) is 3.48. The Hall–Kier alpha value is -3.92. The van der Waals surface area contributed by atoms with Gasteiger partial charge in [-0.05, 0) is 49.9 Å². The van der Waals surface area contributed by atoms with E-state index in [0.717, 1.165) is 59.5 Å². The lowest BCUT2D eigenvalue weighted by Crippen LogP contribution is -2.43. The smallest absolute Gasteiger partial charge is 0.257 e. The van der Waals surface area contributed by atoms with Gasteiger partial charge >= 0.3 is 0 Å². The molecule has 1 aliphatic carbocycles. The Morgan fingerprint density at radius 2 is 1.66 bits per heavy atom. The molecule has 10 nitrogen and oxygen atoms in total. The topological polar surface area (TPSA) is 109 Å². The van der Waals surface area contributed by atoms with Crippen LogP contribution in [0.2, 0.25) is 0 Å². The Bertz CT molecular complexity index is 1520. The van der Waals surface area contributed by atoms with Gasteiger partial charge in [0, 0.05) is 92.8 Å². The van der Waals surface area contributed by atoms with Crippen molar-refractivity contribution in [2.45, 2.75) is 51.2 Å². The monoisotopic (exact) mass is 514 g/mol. The van der Waals surface area contributed by atoms with E-state index in [1.54, 1.807) is 9.36 Å². The zero-order valence-electron chi connectivity index (χ0n) is 22.1. The van der Waals surface area contributed by atoms with Crippen LogP contribution in [-0.4, -0.2) is 56.5 Å². The molecule has 198 valence electrons. The fraction of sp³-hybridized carbons (Fsp3) is 0.429. The number of hydrogen-bond donors (Lipinski definition) is 3. The maximum Gasteiger partial charge on any atom is 0.257 e. The minimum atomic E-state index is -0.221. The number of aryl methyl sites for hydroxylation is 2. The maximum absolute atomic E-state index is 13.5. The number of anilines is 2. The summed E-state index contributed by atoms with van der Waals surface area (Å²) in [6.45, 7) is 3.79. The largest absolute Gasteiger partial charge is 0.371 e. The zero-order valence-corrected chi connectivity index (χ0v) is 22.1. The van der Waals surface area contributed by atoms with E-state index in [-0.39, 0.29) is 11.8 Å². The van der Waals surface area contributed by atoms with Crippen LogP contribution >= 0.6 is 0 Å². The van der Waals surface area contributed by atoms with Gasteiger partial charge in [0.15, 0.2) is 0 Å². The number of aromatic nitrogens is 4. The van der Waals surface area contributed by atoms with Crippen molar-refractivity contribution in [3.05, 3.63) is 47.8 Å². The minimum Gasteiger partial charge on any atom is -0.371 e. The summed E-state index contributed by atoms with van der Waals surface area (Å²) >= 11 is 0. The molecule has 0 atom stereocenters. The van der Waals surface area contributed by atoms with Gasteiger partial charge in [0.1, 0.15) is 5.52 Å². The molecule has 6 rings (SSSR count). The number of hydrogen-bond acceptors (Lipinski definition) is 6. The summed E-state index contributed by atoms with van der Waals surface area (Å²) in [5.41, 5.74) is 4.64. The molecule has 3 heterocycles. The molecule has 2 aromatic carbocycles. The summed E-state index contributed by atoms with van der Waals surface area (Å²) in [6, 6.07) is 9.04. The second-order valence-corrected chi connectivity index (χ2v) is 10.6. The van der Waals surface area contributed by atoms with E-state index >= 15 is 0 Å². The number of rotatable bonds is 7. The van der Waals surface area contributed by atoms with Crippen LogP contribution in [0.3, 0.4) is 0 Å². The highest BCUT2D eigenvalue weighted by molar-refractivity contribution is 6.14. The van der Waals surface area contributed by atoms with Crippen molar-refractivity contribution in [1.29, 1.82) is 0 Å². The molecular formula is C28H34N8O2. The second-order valence-electron chi connectivity index (χ2n) is 10.6. The average molecular weight is 515 g/mol. The summed E-state index contributed by atoms with van der Waals surface area (Å²) in [4.78, 5) is 27.5. The Kier molecular flexibility index (Phi) is 6.27. The number of piperidine rings is 1. The molecule has 4 aromatic rings. The molecule has 0 bridgehead atoms. The summed E-state index contributed by atoms with van der Waals surface area (Å²) in [5.74, 6) is -0.342. The lowest BCUT2D eigenvalue weighted by Gasteiger charge is -2.34. The van der Waals surface area contributed by atoms with Crippen molar-refractivity contribution in [3.8, 4) is 0 Å². The van der Waals surface area contributed by atoms with Gasteiger partial charge in [-0.25, -0.2) is 0 Å². The first-order valence-electron chi connectivity index (χ1n) is 13.3. The summed E-state index contributed by atoms with van der Waals surface area (Å²) in [6.07, 6.45) is 8.77. The van der Waals surface area contributed by atoms with E-state index in [4.69, 9.17) is 0 Å².